The second-order valence-electron chi connectivity index (χ2n) is 4.43. The average molecular weight is 287 g/mol. The summed E-state index contributed by atoms with van der Waals surface area (Å²) in [6.45, 7) is 0.871. The Morgan fingerprint density at radius 1 is 1.25 bits per heavy atom. The molecule has 0 aromatic carbocycles. The van der Waals surface area contributed by atoms with Crippen molar-refractivity contribution in [2.45, 2.75) is 32.2 Å². The highest BCUT2D eigenvalue weighted by atomic mass is 19.4. The first-order chi connectivity index (χ1) is 9.54. The van der Waals surface area contributed by atoms with Crippen LogP contribution in [0.4, 0.5) is 13.2 Å². The van der Waals surface area contributed by atoms with Gasteiger partial charge in [0.05, 0.1) is 12.0 Å². The zero-order chi connectivity index (χ0) is 14.4. The van der Waals surface area contributed by atoms with E-state index in [1.165, 1.54) is 6.20 Å². The highest BCUT2D eigenvalue weighted by molar-refractivity contribution is 5.00. The number of aryl methyl sites for hydroxylation is 1. The number of alkyl halides is 3. The lowest BCUT2D eigenvalue weighted by Crippen LogP contribution is -2.23. The summed E-state index contributed by atoms with van der Waals surface area (Å²) in [6.07, 6.45) is 3.33. The molecule has 1 N–H and O–H groups in total. The van der Waals surface area contributed by atoms with Gasteiger partial charge in [0, 0.05) is 31.7 Å². The Hall–Kier alpha value is -1.83. The summed E-state index contributed by atoms with van der Waals surface area (Å²) < 4.78 is 39.9. The van der Waals surface area contributed by atoms with Crippen molar-refractivity contribution in [1.82, 2.24) is 24.6 Å². The molecule has 20 heavy (non-hydrogen) atoms. The highest BCUT2D eigenvalue weighted by Crippen LogP contribution is 2.17. The molecule has 0 radical (unpaired) electrons. The first kappa shape index (κ1) is 14.6. The number of halogens is 3. The van der Waals surface area contributed by atoms with Gasteiger partial charge in [-0.25, -0.2) is 4.98 Å². The molecule has 2 aromatic heterocycles. The molecule has 5 nitrogen and oxygen atoms in total. The predicted molar refractivity (Wildman–Crippen MR) is 66.8 cm³/mol. The molecule has 0 aliphatic carbocycles. The summed E-state index contributed by atoms with van der Waals surface area (Å²) >= 11 is 0. The SMILES string of the molecule is FC(F)(F)Cn1nccc1CNCCCn1ccnc1. The van der Waals surface area contributed by atoms with E-state index in [-0.39, 0.29) is 0 Å². The van der Waals surface area contributed by atoms with Crippen molar-refractivity contribution in [3.05, 3.63) is 36.7 Å². The summed E-state index contributed by atoms with van der Waals surface area (Å²) in [7, 11) is 0. The lowest BCUT2D eigenvalue weighted by molar-refractivity contribution is -0.143. The van der Waals surface area contributed by atoms with Gasteiger partial charge < -0.3 is 9.88 Å². The molecule has 8 heteroatoms. The third kappa shape index (κ3) is 4.69. The molecule has 0 spiro atoms. The van der Waals surface area contributed by atoms with Crippen LogP contribution in [0.1, 0.15) is 12.1 Å². The van der Waals surface area contributed by atoms with Crippen molar-refractivity contribution in [3.8, 4) is 0 Å². The maximum Gasteiger partial charge on any atom is 0.408 e. The van der Waals surface area contributed by atoms with Crippen LogP contribution >= 0.6 is 0 Å². The zero-order valence-corrected chi connectivity index (χ0v) is 10.8. The predicted octanol–water partition coefficient (Wildman–Crippen LogP) is 1.82. The van der Waals surface area contributed by atoms with Crippen LogP contribution in [0, 0.1) is 0 Å². The van der Waals surface area contributed by atoms with Gasteiger partial charge in [-0.3, -0.25) is 4.68 Å². The molecular weight excluding hydrogens is 271 g/mol. The fourth-order valence-electron chi connectivity index (χ4n) is 1.84. The number of aromatic nitrogens is 4. The minimum atomic E-state index is -4.25. The van der Waals surface area contributed by atoms with Gasteiger partial charge in [-0.05, 0) is 19.0 Å². The zero-order valence-electron chi connectivity index (χ0n) is 10.8. The molecule has 0 atom stereocenters. The van der Waals surface area contributed by atoms with Crippen molar-refractivity contribution in [2.75, 3.05) is 6.54 Å². The minimum Gasteiger partial charge on any atom is -0.337 e. The van der Waals surface area contributed by atoms with E-state index in [9.17, 15) is 13.2 Å². The van der Waals surface area contributed by atoms with Crippen LogP contribution in [0.25, 0.3) is 0 Å². The van der Waals surface area contributed by atoms with Crippen molar-refractivity contribution >= 4 is 0 Å². The third-order valence-corrected chi connectivity index (χ3v) is 2.77. The number of nitrogens with one attached hydrogen (secondary N) is 1. The van der Waals surface area contributed by atoms with E-state index >= 15 is 0 Å². The van der Waals surface area contributed by atoms with Crippen LogP contribution in [0.2, 0.25) is 0 Å². The summed E-state index contributed by atoms with van der Waals surface area (Å²) in [5.41, 5.74) is 0.532. The van der Waals surface area contributed by atoms with E-state index in [0.717, 1.165) is 24.2 Å². The number of hydrogen-bond donors (Lipinski definition) is 1. The van der Waals surface area contributed by atoms with Gasteiger partial charge in [-0.1, -0.05) is 0 Å². The lowest BCUT2D eigenvalue weighted by atomic mass is 10.3. The van der Waals surface area contributed by atoms with Crippen LogP contribution in [0.5, 0.6) is 0 Å². The van der Waals surface area contributed by atoms with E-state index in [0.29, 0.717) is 12.2 Å². The summed E-state index contributed by atoms with van der Waals surface area (Å²) in [5, 5.41) is 6.80. The molecule has 0 unspecified atom stereocenters. The van der Waals surface area contributed by atoms with Crippen LogP contribution < -0.4 is 5.32 Å². The average Bonchev–Trinajstić information content (AvgIpc) is 2.99. The normalized spacial score (nSPS) is 11.9. The largest absolute Gasteiger partial charge is 0.408 e. The number of nitrogens with zero attached hydrogens (tertiary/aromatic N) is 4. The van der Waals surface area contributed by atoms with Gasteiger partial charge in [0.15, 0.2) is 0 Å². The van der Waals surface area contributed by atoms with Crippen LogP contribution in [-0.2, 0) is 19.6 Å². The smallest absolute Gasteiger partial charge is 0.337 e. The molecule has 0 aliphatic heterocycles. The van der Waals surface area contributed by atoms with E-state index in [2.05, 4.69) is 15.4 Å². The Kier molecular flexibility index (Phi) is 4.78. The van der Waals surface area contributed by atoms with Gasteiger partial charge in [0.2, 0.25) is 0 Å². The molecule has 0 amide bonds. The third-order valence-electron chi connectivity index (χ3n) is 2.77. The minimum absolute atomic E-state index is 0.375. The molecule has 110 valence electrons. The Morgan fingerprint density at radius 3 is 2.80 bits per heavy atom. The standard InChI is InChI=1S/C12H16F3N5/c13-12(14,15)9-20-11(2-4-18-20)8-16-3-1-6-19-7-5-17-10-19/h2,4-5,7,10,16H,1,3,6,8-9H2. The Morgan fingerprint density at radius 2 is 2.10 bits per heavy atom. The van der Waals surface area contributed by atoms with Crippen LogP contribution in [0.15, 0.2) is 31.0 Å². The van der Waals surface area contributed by atoms with E-state index in [1.54, 1.807) is 18.6 Å². The molecule has 2 aromatic rings. The molecule has 0 saturated heterocycles. The number of rotatable bonds is 7. The molecular formula is C12H16F3N5. The first-order valence-electron chi connectivity index (χ1n) is 6.28. The molecule has 2 rings (SSSR count). The molecule has 0 bridgehead atoms. The first-order valence-corrected chi connectivity index (χ1v) is 6.28. The molecule has 0 fully saturated rings. The van der Waals surface area contributed by atoms with Crippen molar-refractivity contribution in [3.63, 3.8) is 0 Å². The van der Waals surface area contributed by atoms with E-state index in [1.807, 2.05) is 10.8 Å². The maximum absolute atomic E-state index is 12.3. The summed E-state index contributed by atoms with van der Waals surface area (Å²) in [6, 6.07) is 1.59. The van der Waals surface area contributed by atoms with Crippen molar-refractivity contribution in [1.29, 1.82) is 0 Å². The van der Waals surface area contributed by atoms with Gasteiger partial charge in [-0.15, -0.1) is 0 Å². The number of hydrogen-bond acceptors (Lipinski definition) is 3. The van der Waals surface area contributed by atoms with Gasteiger partial charge in [0.1, 0.15) is 6.54 Å². The van der Waals surface area contributed by atoms with Crippen LogP contribution in [-0.4, -0.2) is 32.1 Å². The summed E-state index contributed by atoms with van der Waals surface area (Å²) in [4.78, 5) is 3.93. The maximum atomic E-state index is 12.3. The summed E-state index contributed by atoms with van der Waals surface area (Å²) in [5.74, 6) is 0. The van der Waals surface area contributed by atoms with Gasteiger partial charge >= 0.3 is 6.18 Å². The van der Waals surface area contributed by atoms with Gasteiger partial charge in [-0.2, -0.15) is 18.3 Å². The van der Waals surface area contributed by atoms with Crippen molar-refractivity contribution in [2.24, 2.45) is 0 Å². The van der Waals surface area contributed by atoms with Crippen LogP contribution in [0.3, 0.4) is 0 Å². The molecule has 0 saturated carbocycles. The monoisotopic (exact) mass is 287 g/mol. The fraction of sp³-hybridized carbons (Fsp3) is 0.500. The van der Waals surface area contributed by atoms with Gasteiger partial charge in [0.25, 0.3) is 0 Å². The topological polar surface area (TPSA) is 47.7 Å². The van der Waals surface area contributed by atoms with E-state index in [4.69, 9.17) is 0 Å². The molecule has 2 heterocycles. The number of imidazole rings is 1. The van der Waals surface area contributed by atoms with Crippen molar-refractivity contribution < 1.29 is 13.2 Å². The fourth-order valence-corrected chi connectivity index (χ4v) is 1.84. The Bertz CT molecular complexity index is 503. The quantitative estimate of drug-likeness (QED) is 0.790. The Balaban J connectivity index is 1.70. The molecule has 0 aliphatic rings. The second kappa shape index (κ2) is 6.56. The highest BCUT2D eigenvalue weighted by Gasteiger charge is 2.29. The van der Waals surface area contributed by atoms with E-state index < -0.39 is 12.7 Å². The Labute approximate surface area is 114 Å². The lowest BCUT2D eigenvalue weighted by Gasteiger charge is -2.11. The second-order valence-corrected chi connectivity index (χ2v) is 4.43.